The Morgan fingerprint density at radius 1 is 1.20 bits per heavy atom. The molecule has 0 aromatic carbocycles. The molecule has 4 nitrogen and oxygen atoms in total. The first-order valence-corrected chi connectivity index (χ1v) is 6.87. The smallest absolute Gasteiger partial charge is 0.142 e. The first kappa shape index (κ1) is 13.4. The molecule has 0 saturated carbocycles. The van der Waals surface area contributed by atoms with Crippen molar-refractivity contribution < 1.29 is 0 Å². The van der Waals surface area contributed by atoms with Crippen molar-refractivity contribution in [2.24, 2.45) is 7.05 Å². The van der Waals surface area contributed by atoms with Crippen molar-refractivity contribution in [1.82, 2.24) is 20.0 Å². The van der Waals surface area contributed by atoms with Gasteiger partial charge < -0.3 is 0 Å². The van der Waals surface area contributed by atoms with Crippen LogP contribution in [0.1, 0.15) is 0 Å². The predicted octanol–water partition coefficient (Wildman–Crippen LogP) is 3.88. The predicted molar refractivity (Wildman–Crippen MR) is 72.6 cm³/mol. The van der Waals surface area contributed by atoms with Crippen LogP contribution < -0.4 is 0 Å². The number of hydrogen-bond donors (Lipinski definition) is 1. The number of halogens is 4. The lowest BCUT2D eigenvalue weighted by molar-refractivity contribution is 0.760. The zero-order chi connectivity index (χ0) is 11.4. The SMILES string of the molecule is Brc1cn[nH]c1Br.Cn1cc(Br)c(Br)n1. The van der Waals surface area contributed by atoms with E-state index in [0.717, 1.165) is 18.2 Å². The van der Waals surface area contributed by atoms with E-state index in [2.05, 4.69) is 79.0 Å². The van der Waals surface area contributed by atoms with Crippen LogP contribution in [0.5, 0.6) is 0 Å². The molecule has 0 radical (unpaired) electrons. The van der Waals surface area contributed by atoms with E-state index in [4.69, 9.17) is 0 Å². The van der Waals surface area contributed by atoms with E-state index in [1.807, 2.05) is 13.2 Å². The lowest BCUT2D eigenvalue weighted by Gasteiger charge is -1.78. The molecular weight excluding hydrogens is 460 g/mol. The van der Waals surface area contributed by atoms with E-state index in [0.29, 0.717) is 0 Å². The normalized spacial score (nSPS) is 9.67. The average Bonchev–Trinajstić information content (AvgIpc) is 2.63. The van der Waals surface area contributed by atoms with Gasteiger partial charge in [0, 0.05) is 13.2 Å². The molecule has 0 amide bonds. The molecule has 1 N–H and O–H groups in total. The van der Waals surface area contributed by atoms with Gasteiger partial charge in [0.15, 0.2) is 0 Å². The molecule has 0 fully saturated rings. The molecule has 2 aromatic rings. The summed E-state index contributed by atoms with van der Waals surface area (Å²) in [7, 11) is 1.87. The van der Waals surface area contributed by atoms with Crippen LogP contribution in [0.2, 0.25) is 0 Å². The van der Waals surface area contributed by atoms with Crippen molar-refractivity contribution >= 4 is 63.7 Å². The molecule has 0 saturated heterocycles. The highest BCUT2D eigenvalue weighted by molar-refractivity contribution is 9.13. The van der Waals surface area contributed by atoms with Crippen molar-refractivity contribution in [3.63, 3.8) is 0 Å². The lowest BCUT2D eigenvalue weighted by Crippen LogP contribution is -1.84. The van der Waals surface area contributed by atoms with E-state index in [-0.39, 0.29) is 0 Å². The Bertz CT molecular complexity index is 400. The molecule has 82 valence electrons. The van der Waals surface area contributed by atoms with Gasteiger partial charge in [-0.1, -0.05) is 0 Å². The highest BCUT2D eigenvalue weighted by Gasteiger charge is 1.97. The Balaban J connectivity index is 0.000000151. The maximum Gasteiger partial charge on any atom is 0.142 e. The quantitative estimate of drug-likeness (QED) is 0.642. The van der Waals surface area contributed by atoms with Gasteiger partial charge in [-0.25, -0.2) is 0 Å². The number of rotatable bonds is 0. The summed E-state index contributed by atoms with van der Waals surface area (Å²) >= 11 is 12.9. The molecule has 0 atom stereocenters. The van der Waals surface area contributed by atoms with Gasteiger partial charge in [0.1, 0.15) is 9.21 Å². The fourth-order valence-corrected chi connectivity index (χ4v) is 1.81. The number of H-pyrrole nitrogens is 1. The molecule has 15 heavy (non-hydrogen) atoms. The maximum atomic E-state index is 4.00. The van der Waals surface area contributed by atoms with Crippen LogP contribution in [0.3, 0.4) is 0 Å². The van der Waals surface area contributed by atoms with Gasteiger partial charge in [0.2, 0.25) is 0 Å². The molecule has 2 aromatic heterocycles. The largest absolute Gasteiger partial charge is 0.274 e. The molecule has 8 heteroatoms. The number of nitrogens with zero attached hydrogens (tertiary/aromatic N) is 3. The zero-order valence-electron chi connectivity index (χ0n) is 7.51. The molecule has 0 aliphatic rings. The highest BCUT2D eigenvalue weighted by atomic mass is 79.9. The number of hydrogen-bond acceptors (Lipinski definition) is 2. The van der Waals surface area contributed by atoms with Crippen LogP contribution in [-0.2, 0) is 7.05 Å². The van der Waals surface area contributed by atoms with Gasteiger partial charge in [-0.2, -0.15) is 10.2 Å². The monoisotopic (exact) mass is 462 g/mol. The van der Waals surface area contributed by atoms with Crippen molar-refractivity contribution in [3.05, 3.63) is 30.5 Å². The van der Waals surface area contributed by atoms with Crippen molar-refractivity contribution in [3.8, 4) is 0 Å². The molecule has 0 unspecified atom stereocenters. The Kier molecular flexibility index (Phi) is 5.51. The standard InChI is InChI=1S/C4H4Br2N2.C3H2Br2N2/c1-8-2-3(5)4(6)7-8;4-2-1-6-7-3(2)5/h2H,1H3;1H,(H,6,7). The van der Waals surface area contributed by atoms with E-state index in [1.165, 1.54) is 0 Å². The second-order valence-corrected chi connectivity index (χ2v) is 5.73. The summed E-state index contributed by atoms with van der Waals surface area (Å²) in [6.45, 7) is 0. The third-order valence-corrected chi connectivity index (χ3v) is 4.73. The number of aromatic nitrogens is 4. The molecule has 2 rings (SSSR count). The van der Waals surface area contributed by atoms with Gasteiger partial charge in [-0.05, 0) is 63.7 Å². The van der Waals surface area contributed by atoms with Gasteiger partial charge in [-0.3, -0.25) is 9.78 Å². The Labute approximate surface area is 120 Å². The molecule has 0 spiro atoms. The summed E-state index contributed by atoms with van der Waals surface area (Å²) < 4.78 is 5.40. The second-order valence-electron chi connectivity index (χ2n) is 2.47. The Morgan fingerprint density at radius 2 is 1.87 bits per heavy atom. The molecule has 2 heterocycles. The van der Waals surface area contributed by atoms with Crippen LogP contribution in [0.25, 0.3) is 0 Å². The minimum atomic E-state index is 0.847. The van der Waals surface area contributed by atoms with Gasteiger partial charge >= 0.3 is 0 Å². The fourth-order valence-electron chi connectivity index (χ4n) is 0.688. The Morgan fingerprint density at radius 3 is 2.00 bits per heavy atom. The summed E-state index contributed by atoms with van der Waals surface area (Å²) in [5, 5.41) is 10.4. The first-order chi connectivity index (χ1) is 7.00. The summed E-state index contributed by atoms with van der Waals surface area (Å²) in [5.41, 5.74) is 0. The molecule has 0 aliphatic heterocycles. The molecular formula is C7H6Br4N4. The van der Waals surface area contributed by atoms with E-state index >= 15 is 0 Å². The first-order valence-electron chi connectivity index (χ1n) is 3.69. The Hall–Kier alpha value is 0.340. The highest BCUT2D eigenvalue weighted by Crippen LogP contribution is 2.19. The van der Waals surface area contributed by atoms with Gasteiger partial charge in [-0.15, -0.1) is 0 Å². The third-order valence-electron chi connectivity index (χ3n) is 1.29. The van der Waals surface area contributed by atoms with Crippen LogP contribution in [-0.4, -0.2) is 20.0 Å². The minimum absolute atomic E-state index is 0.847. The van der Waals surface area contributed by atoms with Crippen LogP contribution in [0, 0.1) is 0 Å². The van der Waals surface area contributed by atoms with E-state index < -0.39 is 0 Å². The minimum Gasteiger partial charge on any atom is -0.274 e. The summed E-state index contributed by atoms with van der Waals surface area (Å²) in [5.74, 6) is 0. The van der Waals surface area contributed by atoms with Crippen molar-refractivity contribution in [1.29, 1.82) is 0 Å². The molecule has 0 bridgehead atoms. The second kappa shape index (κ2) is 6.17. The van der Waals surface area contributed by atoms with Gasteiger partial charge in [0.05, 0.1) is 15.1 Å². The van der Waals surface area contributed by atoms with Crippen LogP contribution in [0.15, 0.2) is 30.5 Å². The van der Waals surface area contributed by atoms with Gasteiger partial charge in [0.25, 0.3) is 0 Å². The molecule has 0 aliphatic carbocycles. The van der Waals surface area contributed by atoms with Crippen LogP contribution in [0.4, 0.5) is 0 Å². The average molecular weight is 466 g/mol. The third kappa shape index (κ3) is 4.38. The van der Waals surface area contributed by atoms with Crippen molar-refractivity contribution in [2.75, 3.05) is 0 Å². The van der Waals surface area contributed by atoms with Crippen LogP contribution >= 0.6 is 63.7 Å². The number of aryl methyl sites for hydroxylation is 1. The zero-order valence-corrected chi connectivity index (χ0v) is 13.9. The summed E-state index contributed by atoms with van der Waals surface area (Å²) in [6.07, 6.45) is 3.56. The van der Waals surface area contributed by atoms with E-state index in [1.54, 1.807) is 10.9 Å². The topological polar surface area (TPSA) is 46.5 Å². The maximum absolute atomic E-state index is 4.00. The fraction of sp³-hybridized carbons (Fsp3) is 0.143. The van der Waals surface area contributed by atoms with E-state index in [9.17, 15) is 0 Å². The lowest BCUT2D eigenvalue weighted by atomic mass is 10.7. The van der Waals surface area contributed by atoms with Crippen molar-refractivity contribution in [2.45, 2.75) is 0 Å². The summed E-state index contributed by atoms with van der Waals surface area (Å²) in [6, 6.07) is 0. The number of aromatic amines is 1. The number of nitrogens with one attached hydrogen (secondary N) is 1. The summed E-state index contributed by atoms with van der Waals surface area (Å²) in [4.78, 5) is 0.